The van der Waals surface area contributed by atoms with Crippen molar-refractivity contribution >= 4 is 18.0 Å². The van der Waals surface area contributed by atoms with Crippen LogP contribution in [0.15, 0.2) is 78.9 Å². The van der Waals surface area contributed by atoms with Crippen molar-refractivity contribution in [2.24, 2.45) is 5.92 Å². The number of fused-ring (bicyclic) bond motifs is 3. The molecule has 0 aliphatic heterocycles. The Kier molecular flexibility index (Phi) is 8.99. The summed E-state index contributed by atoms with van der Waals surface area (Å²) in [5, 5.41) is 15.4. The van der Waals surface area contributed by atoms with Crippen molar-refractivity contribution in [2.75, 3.05) is 20.2 Å². The second-order valence-corrected chi connectivity index (χ2v) is 11.1. The number of alkyl carbamates (subject to hydrolysis) is 1. The number of hydrogen-bond acceptors (Lipinski definition) is 5. The quantitative estimate of drug-likeness (QED) is 0.314. The van der Waals surface area contributed by atoms with Gasteiger partial charge in [-0.3, -0.25) is 9.69 Å². The number of benzene rings is 3. The summed E-state index contributed by atoms with van der Waals surface area (Å²) in [6.07, 6.45) is 2.09. The Bertz CT molecular complexity index is 1330. The molecule has 0 bridgehead atoms. The predicted molar refractivity (Wildman–Crippen MR) is 156 cm³/mol. The highest BCUT2D eigenvalue weighted by Gasteiger charge is 2.33. The molecule has 3 aromatic carbocycles. The largest absolute Gasteiger partial charge is 0.480 e. The van der Waals surface area contributed by atoms with Crippen molar-refractivity contribution < 1.29 is 24.2 Å². The van der Waals surface area contributed by atoms with Crippen LogP contribution in [0, 0.1) is 5.92 Å². The van der Waals surface area contributed by atoms with E-state index in [1.807, 2.05) is 66.5 Å². The van der Waals surface area contributed by atoms with Gasteiger partial charge < -0.3 is 20.5 Å². The minimum atomic E-state index is -1.07. The van der Waals surface area contributed by atoms with Crippen LogP contribution < -0.4 is 10.6 Å². The normalized spacial score (nSPS) is 18.4. The molecule has 2 aliphatic rings. The third-order valence-corrected chi connectivity index (χ3v) is 8.18. The van der Waals surface area contributed by atoms with Crippen LogP contribution in [-0.2, 0) is 20.9 Å². The van der Waals surface area contributed by atoms with Crippen molar-refractivity contribution in [3.63, 3.8) is 0 Å². The molecular formula is C33H37N3O5. The summed E-state index contributed by atoms with van der Waals surface area (Å²) < 4.78 is 5.71. The van der Waals surface area contributed by atoms with Crippen LogP contribution in [0.3, 0.4) is 0 Å². The van der Waals surface area contributed by atoms with E-state index in [2.05, 4.69) is 34.9 Å². The molecule has 0 saturated heterocycles. The van der Waals surface area contributed by atoms with E-state index in [1.165, 1.54) is 11.1 Å². The number of aliphatic carboxylic acids is 1. The van der Waals surface area contributed by atoms with Gasteiger partial charge in [-0.15, -0.1) is 0 Å². The van der Waals surface area contributed by atoms with Crippen molar-refractivity contribution in [1.82, 2.24) is 15.5 Å². The summed E-state index contributed by atoms with van der Waals surface area (Å²) in [5.41, 5.74) is 5.71. The van der Waals surface area contributed by atoms with E-state index < -0.39 is 18.1 Å². The zero-order chi connectivity index (χ0) is 28.8. The van der Waals surface area contributed by atoms with Crippen molar-refractivity contribution in [3.8, 4) is 11.1 Å². The second-order valence-electron chi connectivity index (χ2n) is 11.1. The summed E-state index contributed by atoms with van der Waals surface area (Å²) in [6.45, 7) is 0.992. The van der Waals surface area contributed by atoms with Crippen LogP contribution in [0.2, 0.25) is 0 Å². The molecule has 3 aromatic rings. The van der Waals surface area contributed by atoms with Crippen molar-refractivity contribution in [2.45, 2.75) is 50.2 Å². The fraction of sp³-hybridized carbons (Fsp3) is 0.364. The molecule has 1 saturated carbocycles. The number of carbonyl (C=O) groups excluding carboxylic acids is 2. The molecular weight excluding hydrogens is 518 g/mol. The lowest BCUT2D eigenvalue weighted by atomic mass is 9.98. The van der Waals surface area contributed by atoms with Crippen LogP contribution in [0.25, 0.3) is 11.1 Å². The number of carbonyl (C=O) groups is 3. The van der Waals surface area contributed by atoms with Crippen LogP contribution in [0.4, 0.5) is 4.79 Å². The van der Waals surface area contributed by atoms with Gasteiger partial charge in [-0.2, -0.15) is 0 Å². The number of nitrogens with zero attached hydrogens (tertiary/aromatic N) is 1. The monoisotopic (exact) mass is 555 g/mol. The summed E-state index contributed by atoms with van der Waals surface area (Å²) in [4.78, 5) is 39.5. The van der Waals surface area contributed by atoms with E-state index in [4.69, 9.17) is 4.74 Å². The number of ether oxygens (including phenoxy) is 1. The van der Waals surface area contributed by atoms with Crippen LogP contribution in [0.1, 0.15) is 48.3 Å². The van der Waals surface area contributed by atoms with E-state index in [0.29, 0.717) is 6.54 Å². The lowest BCUT2D eigenvalue weighted by Gasteiger charge is -2.24. The predicted octanol–water partition coefficient (Wildman–Crippen LogP) is 4.79. The van der Waals surface area contributed by atoms with E-state index in [9.17, 15) is 19.5 Å². The van der Waals surface area contributed by atoms with E-state index in [0.717, 1.165) is 36.0 Å². The lowest BCUT2D eigenvalue weighted by Crippen LogP contribution is -2.48. The summed E-state index contributed by atoms with van der Waals surface area (Å²) >= 11 is 0. The molecule has 1 fully saturated rings. The Hall–Kier alpha value is -4.17. The Morgan fingerprint density at radius 1 is 0.927 bits per heavy atom. The third-order valence-electron chi connectivity index (χ3n) is 8.18. The maximum Gasteiger partial charge on any atom is 0.407 e. The van der Waals surface area contributed by atoms with Gasteiger partial charge in [-0.05, 0) is 53.6 Å². The first-order valence-corrected chi connectivity index (χ1v) is 14.2. The Labute approximate surface area is 240 Å². The molecule has 2 aliphatic carbocycles. The Morgan fingerprint density at radius 2 is 1.56 bits per heavy atom. The van der Waals surface area contributed by atoms with Crippen LogP contribution in [-0.4, -0.2) is 60.3 Å². The highest BCUT2D eigenvalue weighted by molar-refractivity contribution is 5.84. The highest BCUT2D eigenvalue weighted by atomic mass is 16.5. The van der Waals surface area contributed by atoms with E-state index >= 15 is 0 Å². The lowest BCUT2D eigenvalue weighted by molar-refractivity contribution is -0.142. The summed E-state index contributed by atoms with van der Waals surface area (Å²) in [7, 11) is 1.83. The fourth-order valence-corrected chi connectivity index (χ4v) is 6.21. The molecule has 3 unspecified atom stereocenters. The topological polar surface area (TPSA) is 108 Å². The van der Waals surface area contributed by atoms with Gasteiger partial charge >= 0.3 is 12.1 Å². The van der Waals surface area contributed by atoms with Gasteiger partial charge in [0.05, 0.1) is 0 Å². The zero-order valence-electron chi connectivity index (χ0n) is 23.3. The fourth-order valence-electron chi connectivity index (χ4n) is 6.21. The Balaban J connectivity index is 1.11. The molecule has 3 N–H and O–H groups in total. The van der Waals surface area contributed by atoms with Crippen LogP contribution in [0.5, 0.6) is 0 Å². The molecule has 0 radical (unpaired) electrons. The van der Waals surface area contributed by atoms with E-state index in [-0.39, 0.29) is 43.4 Å². The number of carboxylic acid groups (broad SMARTS) is 1. The minimum absolute atomic E-state index is 0.0220. The minimum Gasteiger partial charge on any atom is -0.480 e. The number of carboxylic acids is 1. The molecule has 41 heavy (non-hydrogen) atoms. The standard InChI is InChI=1S/C33H37N3O5/c1-36(19-22-10-3-2-4-11-22)20-30(32(38)39)34-31(37)18-23-12-9-17-29(23)35-33(40)41-21-28-26-15-7-5-13-24(26)25-14-6-8-16-27(25)28/h2-8,10-11,13-16,23,28-30H,9,12,17-21H2,1H3,(H,34,37)(H,35,40)(H,38,39). The van der Waals surface area contributed by atoms with Gasteiger partial charge in [0, 0.05) is 31.5 Å². The zero-order valence-corrected chi connectivity index (χ0v) is 23.3. The molecule has 214 valence electrons. The van der Waals surface area contributed by atoms with Gasteiger partial charge in [0.15, 0.2) is 0 Å². The first-order chi connectivity index (χ1) is 19.9. The number of hydrogen-bond donors (Lipinski definition) is 3. The molecule has 0 spiro atoms. The van der Waals surface area contributed by atoms with Gasteiger partial charge in [0.1, 0.15) is 12.6 Å². The smallest absolute Gasteiger partial charge is 0.407 e. The third kappa shape index (κ3) is 6.95. The summed E-state index contributed by atoms with van der Waals surface area (Å²) in [5.74, 6) is -1.49. The molecule has 2 amide bonds. The van der Waals surface area contributed by atoms with Gasteiger partial charge in [-0.1, -0.05) is 85.3 Å². The molecule has 8 nitrogen and oxygen atoms in total. The van der Waals surface area contributed by atoms with Gasteiger partial charge in [0.25, 0.3) is 0 Å². The van der Waals surface area contributed by atoms with E-state index in [1.54, 1.807) is 0 Å². The maximum atomic E-state index is 12.9. The van der Waals surface area contributed by atoms with Crippen LogP contribution >= 0.6 is 0 Å². The maximum absolute atomic E-state index is 12.9. The highest BCUT2D eigenvalue weighted by Crippen LogP contribution is 2.44. The number of rotatable bonds is 11. The molecule has 5 rings (SSSR count). The molecule has 0 aromatic heterocycles. The molecule has 8 heteroatoms. The molecule has 3 atom stereocenters. The van der Waals surface area contributed by atoms with Crippen molar-refractivity contribution in [1.29, 1.82) is 0 Å². The Morgan fingerprint density at radius 3 is 2.22 bits per heavy atom. The van der Waals surface area contributed by atoms with Gasteiger partial charge in [0.2, 0.25) is 5.91 Å². The van der Waals surface area contributed by atoms with Gasteiger partial charge in [-0.25, -0.2) is 9.59 Å². The average Bonchev–Trinajstić information content (AvgIpc) is 3.53. The number of nitrogens with one attached hydrogen (secondary N) is 2. The average molecular weight is 556 g/mol. The SMILES string of the molecule is CN(Cc1ccccc1)CC(NC(=O)CC1CCCC1NC(=O)OCC1c2ccccc2-c2ccccc21)C(=O)O. The number of likely N-dealkylation sites (N-methyl/N-ethyl adjacent to an activating group) is 1. The second kappa shape index (κ2) is 13.0. The number of amides is 2. The first-order valence-electron chi connectivity index (χ1n) is 14.2. The molecule has 0 heterocycles. The van der Waals surface area contributed by atoms with Crippen molar-refractivity contribution in [3.05, 3.63) is 95.6 Å². The summed E-state index contributed by atoms with van der Waals surface area (Å²) in [6, 6.07) is 24.9. The first kappa shape index (κ1) is 28.4.